The van der Waals surface area contributed by atoms with Crippen LogP contribution in [0.25, 0.3) is 0 Å². The normalized spacial score (nSPS) is 25.4. The zero-order valence-electron chi connectivity index (χ0n) is 13.1. The van der Waals surface area contributed by atoms with Crippen LogP contribution in [0.2, 0.25) is 0 Å². The number of carbonyl (C=O) groups excluding carboxylic acids is 1. The van der Waals surface area contributed by atoms with Crippen LogP contribution in [0, 0.1) is 11.3 Å². The highest BCUT2D eigenvalue weighted by Gasteiger charge is 2.29. The smallest absolute Gasteiger partial charge is 0.317 e. The molecule has 1 saturated heterocycles. The van der Waals surface area contributed by atoms with E-state index >= 15 is 0 Å². The highest BCUT2D eigenvalue weighted by atomic mass is 16.4. The quantitative estimate of drug-likeness (QED) is 0.838. The largest absolute Gasteiger partial charge is 0.481 e. The number of amides is 2. The minimum Gasteiger partial charge on any atom is -0.481 e. The molecule has 0 radical (unpaired) electrons. The molecule has 21 heavy (non-hydrogen) atoms. The van der Waals surface area contributed by atoms with E-state index in [2.05, 4.69) is 12.2 Å². The second-order valence-corrected chi connectivity index (χ2v) is 7.08. The number of nitrogens with zero attached hydrogens (tertiary/aromatic N) is 1. The van der Waals surface area contributed by atoms with Gasteiger partial charge < -0.3 is 15.3 Å². The molecule has 0 spiro atoms. The maximum absolute atomic E-state index is 12.3. The predicted molar refractivity (Wildman–Crippen MR) is 81.1 cm³/mol. The first-order chi connectivity index (χ1) is 9.98. The lowest BCUT2D eigenvalue weighted by Crippen LogP contribution is -2.48. The molecule has 0 aromatic carbocycles. The molecule has 2 N–H and O–H groups in total. The summed E-state index contributed by atoms with van der Waals surface area (Å²) in [5, 5.41) is 12.0. The zero-order valence-corrected chi connectivity index (χ0v) is 13.1. The van der Waals surface area contributed by atoms with Gasteiger partial charge in [0.2, 0.25) is 0 Å². The Bertz CT molecular complexity index is 378. The monoisotopic (exact) mass is 296 g/mol. The molecule has 1 aliphatic carbocycles. The van der Waals surface area contributed by atoms with Gasteiger partial charge in [0.1, 0.15) is 0 Å². The molecular formula is C16H28N2O3. The summed E-state index contributed by atoms with van der Waals surface area (Å²) >= 11 is 0. The molecule has 5 heteroatoms. The molecule has 1 atom stereocenters. The van der Waals surface area contributed by atoms with Crippen molar-refractivity contribution >= 4 is 12.0 Å². The summed E-state index contributed by atoms with van der Waals surface area (Å²) in [5.74, 6) is -0.663. The second kappa shape index (κ2) is 7.14. The van der Waals surface area contributed by atoms with Gasteiger partial charge in [0, 0.05) is 26.1 Å². The first-order valence-corrected chi connectivity index (χ1v) is 8.23. The van der Waals surface area contributed by atoms with Crippen LogP contribution in [-0.4, -0.2) is 41.6 Å². The lowest BCUT2D eigenvalue weighted by atomic mass is 9.76. The molecule has 2 rings (SSSR count). The number of carboxylic acids is 1. The Hall–Kier alpha value is -1.26. The van der Waals surface area contributed by atoms with E-state index in [1.165, 1.54) is 32.1 Å². The Morgan fingerprint density at radius 1 is 1.24 bits per heavy atom. The van der Waals surface area contributed by atoms with Crippen LogP contribution in [0.15, 0.2) is 0 Å². The van der Waals surface area contributed by atoms with E-state index in [9.17, 15) is 9.59 Å². The summed E-state index contributed by atoms with van der Waals surface area (Å²) in [6, 6.07) is -0.0168. The standard InChI is InChI=1S/C16H28N2O3/c1-16(7-3-2-4-8-16)12-17-15(21)18-9-5-6-13(11-18)10-14(19)20/h13H,2-12H2,1H3,(H,17,21)(H,19,20). The van der Waals surface area contributed by atoms with Crippen molar-refractivity contribution in [1.82, 2.24) is 10.2 Å². The van der Waals surface area contributed by atoms with Crippen molar-refractivity contribution in [3.05, 3.63) is 0 Å². The number of aliphatic carboxylic acids is 1. The summed E-state index contributed by atoms with van der Waals surface area (Å²) in [5.41, 5.74) is 0.240. The van der Waals surface area contributed by atoms with Gasteiger partial charge in [0.05, 0.1) is 0 Å². The van der Waals surface area contributed by atoms with Gasteiger partial charge in [-0.3, -0.25) is 4.79 Å². The molecule has 2 amide bonds. The third-order valence-electron chi connectivity index (χ3n) is 5.00. The minimum absolute atomic E-state index is 0.0168. The molecule has 0 bridgehead atoms. The second-order valence-electron chi connectivity index (χ2n) is 7.08. The average molecular weight is 296 g/mol. The van der Waals surface area contributed by atoms with Crippen LogP contribution >= 0.6 is 0 Å². The Labute approximate surface area is 127 Å². The number of piperidine rings is 1. The van der Waals surface area contributed by atoms with Crippen molar-refractivity contribution in [3.8, 4) is 0 Å². The van der Waals surface area contributed by atoms with Crippen molar-refractivity contribution in [2.45, 2.75) is 58.3 Å². The molecule has 1 saturated carbocycles. The van der Waals surface area contributed by atoms with Gasteiger partial charge in [-0.05, 0) is 37.0 Å². The van der Waals surface area contributed by atoms with Gasteiger partial charge in [-0.15, -0.1) is 0 Å². The molecule has 0 aromatic heterocycles. The van der Waals surface area contributed by atoms with Gasteiger partial charge >= 0.3 is 12.0 Å². The van der Waals surface area contributed by atoms with Crippen molar-refractivity contribution in [2.75, 3.05) is 19.6 Å². The van der Waals surface area contributed by atoms with Gasteiger partial charge in [-0.25, -0.2) is 4.79 Å². The Balaban J connectivity index is 1.78. The fourth-order valence-electron chi connectivity index (χ4n) is 3.65. The molecule has 1 unspecified atom stereocenters. The molecule has 1 aliphatic heterocycles. The Morgan fingerprint density at radius 3 is 2.62 bits per heavy atom. The van der Waals surface area contributed by atoms with Crippen molar-refractivity contribution in [2.24, 2.45) is 11.3 Å². The molecule has 120 valence electrons. The number of likely N-dealkylation sites (tertiary alicyclic amines) is 1. The van der Waals surface area contributed by atoms with E-state index in [1.807, 2.05) is 0 Å². The van der Waals surface area contributed by atoms with E-state index < -0.39 is 5.97 Å². The number of hydrogen-bond donors (Lipinski definition) is 2. The van der Waals surface area contributed by atoms with E-state index in [1.54, 1.807) is 4.90 Å². The fraction of sp³-hybridized carbons (Fsp3) is 0.875. The average Bonchev–Trinajstić information content (AvgIpc) is 2.45. The van der Waals surface area contributed by atoms with Crippen LogP contribution in [0.1, 0.15) is 58.3 Å². The summed E-state index contributed by atoms with van der Waals surface area (Å²) in [6.07, 6.45) is 8.20. The fourth-order valence-corrected chi connectivity index (χ4v) is 3.65. The number of urea groups is 1. The maximum Gasteiger partial charge on any atom is 0.317 e. The molecule has 0 aromatic rings. The molecule has 2 aliphatic rings. The summed E-state index contributed by atoms with van der Waals surface area (Å²) in [7, 11) is 0. The van der Waals surface area contributed by atoms with Gasteiger partial charge in [0.25, 0.3) is 0 Å². The van der Waals surface area contributed by atoms with E-state index in [4.69, 9.17) is 5.11 Å². The topological polar surface area (TPSA) is 69.6 Å². The van der Waals surface area contributed by atoms with Crippen molar-refractivity contribution < 1.29 is 14.7 Å². The minimum atomic E-state index is -0.767. The third kappa shape index (κ3) is 4.90. The van der Waals surface area contributed by atoms with Crippen molar-refractivity contribution in [1.29, 1.82) is 0 Å². The number of carboxylic acid groups (broad SMARTS) is 1. The zero-order chi connectivity index (χ0) is 15.3. The van der Waals surface area contributed by atoms with Crippen LogP contribution in [0.3, 0.4) is 0 Å². The highest BCUT2D eigenvalue weighted by Crippen LogP contribution is 2.35. The molecule has 2 fully saturated rings. The predicted octanol–water partition coefficient (Wildman–Crippen LogP) is 2.85. The summed E-state index contributed by atoms with van der Waals surface area (Å²) < 4.78 is 0. The van der Waals surface area contributed by atoms with Gasteiger partial charge in [0.15, 0.2) is 0 Å². The number of hydrogen-bond acceptors (Lipinski definition) is 2. The van der Waals surface area contributed by atoms with E-state index in [0.29, 0.717) is 6.54 Å². The lowest BCUT2D eigenvalue weighted by Gasteiger charge is -2.36. The lowest BCUT2D eigenvalue weighted by molar-refractivity contribution is -0.138. The van der Waals surface area contributed by atoms with Crippen LogP contribution in [0.5, 0.6) is 0 Å². The summed E-state index contributed by atoms with van der Waals surface area (Å²) in [4.78, 5) is 24.9. The SMILES string of the molecule is CC1(CNC(=O)N2CCCC(CC(=O)O)C2)CCCCC1. The maximum atomic E-state index is 12.3. The molecule has 5 nitrogen and oxygen atoms in total. The number of carbonyl (C=O) groups is 2. The molecular weight excluding hydrogens is 268 g/mol. The van der Waals surface area contributed by atoms with E-state index in [-0.39, 0.29) is 23.8 Å². The first-order valence-electron chi connectivity index (χ1n) is 8.23. The Morgan fingerprint density at radius 2 is 1.95 bits per heavy atom. The van der Waals surface area contributed by atoms with Crippen LogP contribution in [0.4, 0.5) is 4.79 Å². The Kier molecular flexibility index (Phi) is 5.48. The van der Waals surface area contributed by atoms with Crippen LogP contribution < -0.4 is 5.32 Å². The number of nitrogens with one attached hydrogen (secondary N) is 1. The number of rotatable bonds is 4. The molecule has 1 heterocycles. The van der Waals surface area contributed by atoms with Gasteiger partial charge in [-0.1, -0.05) is 26.2 Å². The highest BCUT2D eigenvalue weighted by molar-refractivity contribution is 5.74. The summed E-state index contributed by atoms with van der Waals surface area (Å²) in [6.45, 7) is 4.33. The van der Waals surface area contributed by atoms with Crippen LogP contribution in [-0.2, 0) is 4.79 Å². The first kappa shape index (κ1) is 16.1. The van der Waals surface area contributed by atoms with E-state index in [0.717, 1.165) is 25.9 Å². The van der Waals surface area contributed by atoms with Gasteiger partial charge in [-0.2, -0.15) is 0 Å². The third-order valence-corrected chi connectivity index (χ3v) is 5.00. The van der Waals surface area contributed by atoms with Crippen molar-refractivity contribution in [3.63, 3.8) is 0 Å².